The molecule has 1 aliphatic heterocycles. The Bertz CT molecular complexity index is 752. The molecule has 0 unspecified atom stereocenters. The summed E-state index contributed by atoms with van der Waals surface area (Å²) in [6.07, 6.45) is 0. The van der Waals surface area contributed by atoms with Gasteiger partial charge < -0.3 is 19.5 Å². The van der Waals surface area contributed by atoms with Gasteiger partial charge in [0.1, 0.15) is 12.4 Å². The highest BCUT2D eigenvalue weighted by Gasteiger charge is 2.13. The van der Waals surface area contributed by atoms with E-state index < -0.39 is 0 Å². The van der Waals surface area contributed by atoms with E-state index in [9.17, 15) is 4.79 Å². The Balaban J connectivity index is 1.35. The lowest BCUT2D eigenvalue weighted by Gasteiger charge is -2.16. The van der Waals surface area contributed by atoms with Crippen molar-refractivity contribution in [3.8, 4) is 17.2 Å². The van der Waals surface area contributed by atoms with E-state index in [1.807, 2.05) is 42.3 Å². The minimum absolute atomic E-state index is 0.0448. The minimum atomic E-state index is -0.0448. The van der Waals surface area contributed by atoms with Crippen molar-refractivity contribution in [1.82, 2.24) is 10.2 Å². The third-order valence-corrected chi connectivity index (χ3v) is 4.15. The monoisotopic (exact) mass is 376 g/mol. The van der Waals surface area contributed by atoms with E-state index in [0.717, 1.165) is 17.1 Å². The number of ether oxygens (including phenoxy) is 3. The summed E-state index contributed by atoms with van der Waals surface area (Å²) in [5.41, 5.74) is 0.969. The summed E-state index contributed by atoms with van der Waals surface area (Å²) in [6, 6.07) is 12.9. The molecule has 0 aromatic heterocycles. The summed E-state index contributed by atoms with van der Waals surface area (Å²) < 4.78 is 16.2. The van der Waals surface area contributed by atoms with Crippen molar-refractivity contribution in [1.29, 1.82) is 0 Å². The number of carbonyl (C=O) groups excluding carboxylic acids is 1. The van der Waals surface area contributed by atoms with Gasteiger partial charge in [-0.3, -0.25) is 9.69 Å². The third kappa shape index (κ3) is 5.28. The number of nitrogens with zero attached hydrogens (tertiary/aromatic N) is 1. The van der Waals surface area contributed by atoms with Crippen LogP contribution in [0.3, 0.4) is 0 Å². The number of benzene rings is 2. The van der Waals surface area contributed by atoms with Crippen molar-refractivity contribution in [3.63, 3.8) is 0 Å². The fraction of sp³-hybridized carbons (Fsp3) is 0.316. The molecule has 0 saturated heterocycles. The Kier molecular flexibility index (Phi) is 6.20. The topological polar surface area (TPSA) is 60.0 Å². The number of carbonyl (C=O) groups is 1. The molecule has 0 bridgehead atoms. The lowest BCUT2D eigenvalue weighted by atomic mass is 10.2. The first-order valence-corrected chi connectivity index (χ1v) is 8.70. The summed E-state index contributed by atoms with van der Waals surface area (Å²) in [4.78, 5) is 14.0. The standard InChI is InChI=1S/C19H21ClN2O4/c1-22(8-9-24-16-5-3-15(20)4-6-16)12-19(23)21-11-14-2-7-17-18(10-14)26-13-25-17/h2-7,10H,8-9,11-13H2,1H3,(H,21,23). The van der Waals surface area contributed by atoms with Gasteiger partial charge in [0.2, 0.25) is 12.7 Å². The molecular weight excluding hydrogens is 356 g/mol. The van der Waals surface area contributed by atoms with Crippen LogP contribution in [-0.4, -0.2) is 44.3 Å². The number of hydrogen-bond acceptors (Lipinski definition) is 5. The molecular formula is C19H21ClN2O4. The van der Waals surface area contributed by atoms with E-state index in [1.165, 1.54) is 0 Å². The van der Waals surface area contributed by atoms with Crippen LogP contribution in [0.1, 0.15) is 5.56 Å². The maximum Gasteiger partial charge on any atom is 0.234 e. The lowest BCUT2D eigenvalue weighted by molar-refractivity contribution is -0.122. The molecule has 0 saturated carbocycles. The summed E-state index contributed by atoms with van der Waals surface area (Å²) in [7, 11) is 1.88. The Morgan fingerprint density at radius 1 is 1.19 bits per heavy atom. The van der Waals surface area contributed by atoms with E-state index in [-0.39, 0.29) is 12.7 Å². The highest BCUT2D eigenvalue weighted by atomic mass is 35.5. The molecule has 7 heteroatoms. The van der Waals surface area contributed by atoms with Gasteiger partial charge in [-0.15, -0.1) is 0 Å². The number of nitrogens with one attached hydrogen (secondary N) is 1. The largest absolute Gasteiger partial charge is 0.492 e. The Hall–Kier alpha value is -2.44. The quantitative estimate of drug-likeness (QED) is 0.767. The van der Waals surface area contributed by atoms with Crippen molar-refractivity contribution in [2.24, 2.45) is 0 Å². The van der Waals surface area contributed by atoms with Gasteiger partial charge in [-0.2, -0.15) is 0 Å². The number of hydrogen-bond donors (Lipinski definition) is 1. The summed E-state index contributed by atoms with van der Waals surface area (Å²) in [6.45, 7) is 2.13. The van der Waals surface area contributed by atoms with Crippen LogP contribution in [0.5, 0.6) is 17.2 Å². The SMILES string of the molecule is CN(CCOc1ccc(Cl)cc1)CC(=O)NCc1ccc2c(c1)OCO2. The molecule has 26 heavy (non-hydrogen) atoms. The first-order valence-electron chi connectivity index (χ1n) is 8.32. The van der Waals surface area contributed by atoms with Crippen LogP contribution in [0.4, 0.5) is 0 Å². The first-order chi connectivity index (χ1) is 12.6. The summed E-state index contributed by atoms with van der Waals surface area (Å²) in [5, 5.41) is 3.58. The van der Waals surface area contributed by atoms with E-state index in [2.05, 4.69) is 5.32 Å². The average Bonchev–Trinajstić information content (AvgIpc) is 3.09. The Morgan fingerprint density at radius 3 is 2.77 bits per heavy atom. The van der Waals surface area contributed by atoms with Crippen molar-refractivity contribution in [3.05, 3.63) is 53.1 Å². The van der Waals surface area contributed by atoms with Crippen molar-refractivity contribution < 1.29 is 19.0 Å². The van der Waals surface area contributed by atoms with E-state index in [4.69, 9.17) is 25.8 Å². The van der Waals surface area contributed by atoms with Crippen molar-refractivity contribution in [2.75, 3.05) is 33.5 Å². The highest BCUT2D eigenvalue weighted by molar-refractivity contribution is 6.30. The van der Waals surface area contributed by atoms with Crippen LogP contribution >= 0.6 is 11.6 Å². The molecule has 2 aromatic rings. The highest BCUT2D eigenvalue weighted by Crippen LogP contribution is 2.32. The van der Waals surface area contributed by atoms with Gasteiger partial charge in [0.25, 0.3) is 0 Å². The van der Waals surface area contributed by atoms with Crippen LogP contribution in [0, 0.1) is 0 Å². The zero-order valence-corrected chi connectivity index (χ0v) is 15.3. The molecule has 0 radical (unpaired) electrons. The average molecular weight is 377 g/mol. The first kappa shape index (κ1) is 18.4. The summed E-state index contributed by atoms with van der Waals surface area (Å²) >= 11 is 5.83. The maximum absolute atomic E-state index is 12.1. The fourth-order valence-electron chi connectivity index (χ4n) is 2.48. The molecule has 3 rings (SSSR count). The lowest BCUT2D eigenvalue weighted by Crippen LogP contribution is -2.36. The number of amides is 1. The zero-order chi connectivity index (χ0) is 18.4. The molecule has 1 N–H and O–H groups in total. The number of likely N-dealkylation sites (N-methyl/N-ethyl adjacent to an activating group) is 1. The minimum Gasteiger partial charge on any atom is -0.492 e. The predicted octanol–water partition coefficient (Wildman–Crippen LogP) is 2.70. The van der Waals surface area contributed by atoms with Gasteiger partial charge in [-0.05, 0) is 49.0 Å². The van der Waals surface area contributed by atoms with Gasteiger partial charge in [-0.1, -0.05) is 17.7 Å². The van der Waals surface area contributed by atoms with Crippen molar-refractivity contribution >= 4 is 17.5 Å². The van der Waals surface area contributed by atoms with Gasteiger partial charge in [-0.25, -0.2) is 0 Å². The zero-order valence-electron chi connectivity index (χ0n) is 14.5. The second-order valence-corrected chi connectivity index (χ2v) is 6.44. The molecule has 6 nitrogen and oxygen atoms in total. The normalized spacial score (nSPS) is 12.3. The molecule has 0 atom stereocenters. The maximum atomic E-state index is 12.1. The smallest absolute Gasteiger partial charge is 0.234 e. The molecule has 2 aromatic carbocycles. The fourth-order valence-corrected chi connectivity index (χ4v) is 2.61. The molecule has 0 spiro atoms. The molecule has 0 aliphatic carbocycles. The van der Waals surface area contributed by atoms with Gasteiger partial charge in [0, 0.05) is 18.1 Å². The molecule has 138 valence electrons. The molecule has 1 aliphatic rings. The summed E-state index contributed by atoms with van der Waals surface area (Å²) in [5.74, 6) is 2.17. The second-order valence-electron chi connectivity index (χ2n) is 6.00. The van der Waals surface area contributed by atoms with Crippen LogP contribution < -0.4 is 19.5 Å². The van der Waals surface area contributed by atoms with Crippen molar-refractivity contribution in [2.45, 2.75) is 6.54 Å². The number of fused-ring (bicyclic) bond motifs is 1. The van der Waals surface area contributed by atoms with Crippen LogP contribution in [0.25, 0.3) is 0 Å². The molecule has 0 fully saturated rings. The molecule has 1 heterocycles. The van der Waals surface area contributed by atoms with E-state index >= 15 is 0 Å². The van der Waals surface area contributed by atoms with Crippen LogP contribution in [-0.2, 0) is 11.3 Å². The third-order valence-electron chi connectivity index (χ3n) is 3.90. The van der Waals surface area contributed by atoms with Gasteiger partial charge in [0.15, 0.2) is 11.5 Å². The Morgan fingerprint density at radius 2 is 1.96 bits per heavy atom. The second kappa shape index (κ2) is 8.78. The van der Waals surface area contributed by atoms with Crippen LogP contribution in [0.15, 0.2) is 42.5 Å². The van der Waals surface area contributed by atoms with E-state index in [1.54, 1.807) is 12.1 Å². The van der Waals surface area contributed by atoms with Gasteiger partial charge in [0.05, 0.1) is 6.54 Å². The van der Waals surface area contributed by atoms with Crippen LogP contribution in [0.2, 0.25) is 5.02 Å². The number of rotatable bonds is 8. The number of halogens is 1. The predicted molar refractivity (Wildman–Crippen MR) is 98.9 cm³/mol. The van der Waals surface area contributed by atoms with Gasteiger partial charge >= 0.3 is 0 Å². The van der Waals surface area contributed by atoms with E-state index in [0.29, 0.717) is 37.0 Å². The Labute approximate surface area is 157 Å². The molecule has 1 amide bonds.